The fraction of sp³-hybridized carbons (Fsp3) is 0.364. The molecule has 0 amide bonds. The number of hydrogen-bond acceptors (Lipinski definition) is 2. The molecule has 0 aromatic heterocycles. The molecule has 3 nitrogen and oxygen atoms in total. The Morgan fingerprint density at radius 2 is 1.42 bits per heavy atom. The van der Waals surface area contributed by atoms with Crippen LogP contribution in [0.2, 0.25) is 0 Å². The molecular weight excluding hydrogens is 438 g/mol. The van der Waals surface area contributed by atoms with Crippen LogP contribution in [-0.4, -0.2) is 43.0 Å². The number of allylic oxidation sites excluding steroid dienone is 4. The summed E-state index contributed by atoms with van der Waals surface area (Å²) in [5.41, 5.74) is 6.55. The van der Waals surface area contributed by atoms with Crippen LogP contribution in [0.5, 0.6) is 0 Å². The maximum Gasteiger partial charge on any atom is 0.199 e. The summed E-state index contributed by atoms with van der Waals surface area (Å²) >= 11 is 0. The van der Waals surface area contributed by atoms with Crippen molar-refractivity contribution in [1.29, 1.82) is 0 Å². The highest BCUT2D eigenvalue weighted by molar-refractivity contribution is 6.01. The van der Waals surface area contributed by atoms with Crippen LogP contribution in [0.3, 0.4) is 0 Å². The summed E-state index contributed by atoms with van der Waals surface area (Å²) in [4.78, 5) is 2.41. The summed E-state index contributed by atoms with van der Waals surface area (Å²) in [6.07, 6.45) is 9.46. The molecule has 0 spiro atoms. The fourth-order valence-electron chi connectivity index (χ4n) is 5.59. The quantitative estimate of drug-likeness (QED) is 0.303. The van der Waals surface area contributed by atoms with Crippen LogP contribution >= 0.6 is 0 Å². The predicted molar refractivity (Wildman–Crippen MR) is 158 cm³/mol. The summed E-state index contributed by atoms with van der Waals surface area (Å²) in [5.74, 6) is 0.527. The molecule has 1 aliphatic carbocycles. The van der Waals surface area contributed by atoms with Gasteiger partial charge in [0.05, 0.1) is 0 Å². The highest BCUT2D eigenvalue weighted by Gasteiger charge is 2.26. The molecule has 36 heavy (non-hydrogen) atoms. The lowest BCUT2D eigenvalue weighted by Gasteiger charge is -2.28. The van der Waals surface area contributed by atoms with E-state index in [0.29, 0.717) is 0 Å². The van der Waals surface area contributed by atoms with E-state index in [1.807, 2.05) is 0 Å². The molecule has 0 saturated carbocycles. The van der Waals surface area contributed by atoms with Crippen molar-refractivity contribution in [3.8, 4) is 0 Å². The molecule has 4 rings (SSSR count). The van der Waals surface area contributed by atoms with Crippen molar-refractivity contribution in [1.82, 2.24) is 0 Å². The maximum atomic E-state index is 3.56. The molecule has 3 heteroatoms. The Morgan fingerprint density at radius 1 is 0.778 bits per heavy atom. The van der Waals surface area contributed by atoms with Gasteiger partial charge in [-0.3, -0.25) is 0 Å². The Hall–Kier alpha value is -3.33. The third-order valence-electron chi connectivity index (χ3n) is 7.53. The van der Waals surface area contributed by atoms with E-state index in [-0.39, 0.29) is 11.8 Å². The summed E-state index contributed by atoms with van der Waals surface area (Å²) in [7, 11) is 0. The smallest absolute Gasteiger partial charge is 0.199 e. The predicted octanol–water partition coefficient (Wildman–Crippen LogP) is 7.49. The summed E-state index contributed by atoms with van der Waals surface area (Å²) in [6.45, 7) is 16.1. The van der Waals surface area contributed by atoms with Gasteiger partial charge in [0.2, 0.25) is 0 Å². The standard InChI is InChI=1S/C33H42N3/c1-6-34-32-24-23-31(29-13-11-12-14-30(29)32)33(25-15-19-27(20-16-25)35(7-2)8-3)26-17-21-28(22-18-26)36(9-4)10-5/h11-25,33-34H,6-10H2,1-5H3/q+1. The van der Waals surface area contributed by atoms with Crippen molar-refractivity contribution in [3.05, 3.63) is 96.1 Å². The largest absolute Gasteiger partial charge is 0.385 e. The van der Waals surface area contributed by atoms with Crippen LogP contribution in [0.4, 0.5) is 11.4 Å². The van der Waals surface area contributed by atoms with Gasteiger partial charge >= 0.3 is 0 Å². The van der Waals surface area contributed by atoms with Gasteiger partial charge in [-0.25, -0.2) is 4.58 Å². The normalized spacial score (nSPS) is 15.8. The lowest BCUT2D eigenvalue weighted by Crippen LogP contribution is -2.22. The zero-order valence-corrected chi connectivity index (χ0v) is 22.7. The van der Waals surface area contributed by atoms with Gasteiger partial charge in [-0.15, -0.1) is 0 Å². The minimum absolute atomic E-state index is 0.238. The lowest BCUT2D eigenvalue weighted by atomic mass is 9.77. The van der Waals surface area contributed by atoms with E-state index >= 15 is 0 Å². The number of hydrogen-bond donors (Lipinski definition) is 1. The number of fused-ring (bicyclic) bond motifs is 1. The first-order valence-corrected chi connectivity index (χ1v) is 13.7. The highest BCUT2D eigenvalue weighted by atomic mass is 15.1. The number of nitrogens with one attached hydrogen (secondary N) is 1. The third kappa shape index (κ3) is 5.26. The molecule has 0 saturated heterocycles. The SMILES string of the molecule is CCNc1ccc(C(c2ccc(N(CC)CC)cc2)C2C=CC(=[N+](CC)CC)C=C2)c2ccccc12. The number of rotatable bonds is 10. The van der Waals surface area contributed by atoms with Gasteiger partial charge in [0, 0.05) is 60.4 Å². The average molecular weight is 481 g/mol. The molecule has 0 radical (unpaired) electrons. The molecule has 0 bridgehead atoms. The summed E-state index contributed by atoms with van der Waals surface area (Å²) in [5, 5.41) is 6.18. The first-order valence-electron chi connectivity index (χ1n) is 13.7. The first kappa shape index (κ1) is 25.8. The molecule has 3 aromatic rings. The Bertz CT molecular complexity index is 1220. The van der Waals surface area contributed by atoms with Gasteiger partial charge in [0.25, 0.3) is 0 Å². The molecule has 188 valence electrons. The second kappa shape index (κ2) is 12.1. The van der Waals surface area contributed by atoms with Crippen molar-refractivity contribution in [2.24, 2.45) is 5.92 Å². The molecule has 1 N–H and O–H groups in total. The molecule has 0 aliphatic heterocycles. The van der Waals surface area contributed by atoms with Crippen LogP contribution in [0.1, 0.15) is 51.7 Å². The number of anilines is 2. The van der Waals surface area contributed by atoms with Gasteiger partial charge < -0.3 is 10.2 Å². The number of nitrogens with zero attached hydrogens (tertiary/aromatic N) is 2. The zero-order valence-electron chi connectivity index (χ0n) is 22.7. The van der Waals surface area contributed by atoms with Crippen molar-refractivity contribution >= 4 is 27.9 Å². The molecule has 3 aromatic carbocycles. The Labute approximate surface area is 217 Å². The van der Waals surface area contributed by atoms with Gasteiger partial charge in [-0.1, -0.05) is 54.6 Å². The second-order valence-corrected chi connectivity index (χ2v) is 9.41. The van der Waals surface area contributed by atoms with E-state index < -0.39 is 0 Å². The molecule has 1 aliphatic rings. The minimum Gasteiger partial charge on any atom is -0.385 e. The van der Waals surface area contributed by atoms with E-state index in [9.17, 15) is 0 Å². The molecular formula is C33H42N3+. The van der Waals surface area contributed by atoms with Crippen molar-refractivity contribution in [2.75, 3.05) is 42.9 Å². The second-order valence-electron chi connectivity index (χ2n) is 9.41. The van der Waals surface area contributed by atoms with E-state index in [2.05, 4.69) is 134 Å². The first-order chi connectivity index (χ1) is 17.6. The summed E-state index contributed by atoms with van der Waals surface area (Å²) in [6, 6.07) is 22.7. The Morgan fingerprint density at radius 3 is 2.00 bits per heavy atom. The minimum atomic E-state index is 0.238. The molecule has 1 unspecified atom stereocenters. The molecule has 0 fully saturated rings. The van der Waals surface area contributed by atoms with Crippen LogP contribution in [0.15, 0.2) is 85.0 Å². The van der Waals surface area contributed by atoms with Crippen LogP contribution < -0.4 is 10.2 Å². The molecule has 0 heterocycles. The highest BCUT2D eigenvalue weighted by Crippen LogP contribution is 2.40. The van der Waals surface area contributed by atoms with Crippen LogP contribution in [0, 0.1) is 5.92 Å². The lowest BCUT2D eigenvalue weighted by molar-refractivity contribution is -0.519. The van der Waals surface area contributed by atoms with Gasteiger partial charge in [0.1, 0.15) is 13.1 Å². The van der Waals surface area contributed by atoms with E-state index in [1.54, 1.807) is 0 Å². The zero-order chi connectivity index (χ0) is 25.5. The van der Waals surface area contributed by atoms with Crippen LogP contribution in [-0.2, 0) is 0 Å². The van der Waals surface area contributed by atoms with Crippen molar-refractivity contribution in [2.45, 2.75) is 40.5 Å². The topological polar surface area (TPSA) is 18.3 Å². The Balaban J connectivity index is 1.84. The third-order valence-corrected chi connectivity index (χ3v) is 7.53. The Kier molecular flexibility index (Phi) is 8.64. The van der Waals surface area contributed by atoms with Gasteiger partial charge in [-0.05, 0) is 69.3 Å². The maximum absolute atomic E-state index is 3.56. The average Bonchev–Trinajstić information content (AvgIpc) is 2.93. The molecule has 1 atom stereocenters. The van der Waals surface area contributed by atoms with Crippen LogP contribution in [0.25, 0.3) is 10.8 Å². The van der Waals surface area contributed by atoms with Gasteiger partial charge in [-0.2, -0.15) is 0 Å². The van der Waals surface area contributed by atoms with E-state index in [4.69, 9.17) is 0 Å². The monoisotopic (exact) mass is 480 g/mol. The van der Waals surface area contributed by atoms with Gasteiger partial charge in [0.15, 0.2) is 5.71 Å². The van der Waals surface area contributed by atoms with E-state index in [0.717, 1.165) is 32.7 Å². The van der Waals surface area contributed by atoms with Crippen molar-refractivity contribution in [3.63, 3.8) is 0 Å². The fourth-order valence-corrected chi connectivity index (χ4v) is 5.59. The summed E-state index contributed by atoms with van der Waals surface area (Å²) < 4.78 is 2.41. The number of benzene rings is 3. The van der Waals surface area contributed by atoms with Crippen molar-refractivity contribution < 1.29 is 4.58 Å². The van der Waals surface area contributed by atoms with E-state index in [1.165, 1.54) is 39.0 Å².